The lowest BCUT2D eigenvalue weighted by Crippen LogP contribution is -2.19. The van der Waals surface area contributed by atoms with Crippen LogP contribution >= 0.6 is 0 Å². The molecule has 0 saturated heterocycles. The molecule has 0 radical (unpaired) electrons. The molecule has 4 aromatic rings. The van der Waals surface area contributed by atoms with Gasteiger partial charge < -0.3 is 10.3 Å². The number of aryl methyl sites for hydroxylation is 3. The fraction of sp³-hybridized carbons (Fsp3) is 0.238. The molecular formula is C21H22N4O2. The van der Waals surface area contributed by atoms with Gasteiger partial charge in [-0.3, -0.25) is 13.9 Å². The average molecular weight is 362 g/mol. The van der Waals surface area contributed by atoms with E-state index in [0.717, 1.165) is 33.4 Å². The second-order valence-corrected chi connectivity index (χ2v) is 7.04. The third-order valence-electron chi connectivity index (χ3n) is 5.02. The molecule has 0 aliphatic heterocycles. The van der Waals surface area contributed by atoms with E-state index < -0.39 is 0 Å². The van der Waals surface area contributed by atoms with Crippen LogP contribution in [0.1, 0.15) is 16.8 Å². The molecule has 0 saturated carbocycles. The fourth-order valence-corrected chi connectivity index (χ4v) is 3.52. The molecule has 0 unspecified atom stereocenters. The van der Waals surface area contributed by atoms with Gasteiger partial charge in [0.1, 0.15) is 0 Å². The van der Waals surface area contributed by atoms with Gasteiger partial charge in [0.2, 0.25) is 0 Å². The van der Waals surface area contributed by atoms with Crippen molar-refractivity contribution in [3.8, 4) is 0 Å². The number of aromatic nitrogens is 3. The molecule has 27 heavy (non-hydrogen) atoms. The number of aromatic amines is 1. The van der Waals surface area contributed by atoms with Crippen molar-refractivity contribution >= 4 is 21.9 Å². The van der Waals surface area contributed by atoms with Crippen LogP contribution in [0, 0.1) is 6.92 Å². The normalized spacial score (nSPS) is 11.5. The van der Waals surface area contributed by atoms with Crippen LogP contribution in [0.2, 0.25) is 0 Å². The molecule has 2 aromatic heterocycles. The average Bonchev–Trinajstić information content (AvgIpc) is 2.86. The van der Waals surface area contributed by atoms with Gasteiger partial charge in [-0.1, -0.05) is 17.7 Å². The Morgan fingerprint density at radius 3 is 2.52 bits per heavy atom. The summed E-state index contributed by atoms with van der Waals surface area (Å²) in [4.78, 5) is 27.7. The number of pyridine rings is 1. The smallest absolute Gasteiger partial charge is 0.328 e. The van der Waals surface area contributed by atoms with Gasteiger partial charge in [0, 0.05) is 49.8 Å². The largest absolute Gasteiger partial charge is 0.357 e. The third-order valence-corrected chi connectivity index (χ3v) is 5.02. The van der Waals surface area contributed by atoms with Crippen molar-refractivity contribution in [3.63, 3.8) is 0 Å². The summed E-state index contributed by atoms with van der Waals surface area (Å²) in [6.45, 7) is 3.19. The van der Waals surface area contributed by atoms with Crippen LogP contribution < -0.4 is 16.4 Å². The molecule has 0 atom stereocenters. The number of hydrogen-bond donors (Lipinski definition) is 2. The lowest BCUT2D eigenvalue weighted by Gasteiger charge is -2.08. The van der Waals surface area contributed by atoms with E-state index in [1.807, 2.05) is 43.3 Å². The summed E-state index contributed by atoms with van der Waals surface area (Å²) in [5.41, 5.74) is 5.70. The quantitative estimate of drug-likeness (QED) is 0.585. The lowest BCUT2D eigenvalue weighted by atomic mass is 10.1. The van der Waals surface area contributed by atoms with Crippen LogP contribution in [-0.4, -0.2) is 14.1 Å². The van der Waals surface area contributed by atoms with Gasteiger partial charge in [-0.15, -0.1) is 0 Å². The molecule has 138 valence electrons. The molecule has 2 N–H and O–H groups in total. The first kappa shape index (κ1) is 17.3. The molecule has 0 aliphatic carbocycles. The van der Waals surface area contributed by atoms with E-state index in [9.17, 15) is 9.59 Å². The van der Waals surface area contributed by atoms with Crippen molar-refractivity contribution in [1.82, 2.24) is 19.4 Å². The molecule has 0 fully saturated rings. The number of rotatable bonds is 4. The minimum atomic E-state index is -0.0286. The maximum Gasteiger partial charge on any atom is 0.328 e. The first-order valence-corrected chi connectivity index (χ1v) is 8.91. The Kier molecular flexibility index (Phi) is 4.20. The molecule has 2 aromatic carbocycles. The second-order valence-electron chi connectivity index (χ2n) is 7.04. The Balaban J connectivity index is 1.53. The molecule has 0 amide bonds. The van der Waals surface area contributed by atoms with Crippen LogP contribution in [0.25, 0.3) is 21.9 Å². The van der Waals surface area contributed by atoms with Crippen molar-refractivity contribution in [2.45, 2.75) is 20.0 Å². The monoisotopic (exact) mass is 362 g/mol. The summed E-state index contributed by atoms with van der Waals surface area (Å²) in [7, 11) is 3.56. The van der Waals surface area contributed by atoms with E-state index >= 15 is 0 Å². The molecule has 0 aliphatic rings. The molecule has 0 spiro atoms. The van der Waals surface area contributed by atoms with Crippen molar-refractivity contribution in [3.05, 3.63) is 80.0 Å². The van der Waals surface area contributed by atoms with E-state index in [1.165, 1.54) is 0 Å². The zero-order chi connectivity index (χ0) is 19.1. The number of benzene rings is 2. The first-order chi connectivity index (χ1) is 12.9. The van der Waals surface area contributed by atoms with Crippen LogP contribution in [0.5, 0.6) is 0 Å². The van der Waals surface area contributed by atoms with Gasteiger partial charge in [0.25, 0.3) is 0 Å². The van der Waals surface area contributed by atoms with Crippen LogP contribution in [0.4, 0.5) is 0 Å². The van der Waals surface area contributed by atoms with Gasteiger partial charge in [0.15, 0.2) is 5.43 Å². The van der Waals surface area contributed by atoms with Crippen molar-refractivity contribution < 1.29 is 0 Å². The van der Waals surface area contributed by atoms with Crippen molar-refractivity contribution in [2.75, 3.05) is 0 Å². The van der Waals surface area contributed by atoms with Gasteiger partial charge in [-0.05, 0) is 36.8 Å². The van der Waals surface area contributed by atoms with E-state index in [4.69, 9.17) is 0 Å². The second kappa shape index (κ2) is 6.55. The Morgan fingerprint density at radius 2 is 1.70 bits per heavy atom. The minimum absolute atomic E-state index is 0.0286. The highest BCUT2D eigenvalue weighted by molar-refractivity contribution is 5.79. The number of H-pyrrole nitrogens is 1. The first-order valence-electron chi connectivity index (χ1n) is 8.91. The van der Waals surface area contributed by atoms with E-state index in [1.54, 1.807) is 29.3 Å². The summed E-state index contributed by atoms with van der Waals surface area (Å²) in [5.74, 6) is 0. The maximum atomic E-state index is 12.3. The van der Waals surface area contributed by atoms with E-state index in [0.29, 0.717) is 18.5 Å². The van der Waals surface area contributed by atoms with Gasteiger partial charge >= 0.3 is 5.69 Å². The maximum absolute atomic E-state index is 12.3. The topological polar surface area (TPSA) is 71.8 Å². The highest BCUT2D eigenvalue weighted by Gasteiger charge is 2.08. The number of hydrogen-bond acceptors (Lipinski definition) is 3. The number of nitrogens with zero attached hydrogens (tertiary/aromatic N) is 2. The highest BCUT2D eigenvalue weighted by Crippen LogP contribution is 2.14. The summed E-state index contributed by atoms with van der Waals surface area (Å²) < 4.78 is 3.30. The number of nitrogens with one attached hydrogen (secondary N) is 2. The zero-order valence-electron chi connectivity index (χ0n) is 15.7. The number of imidazole rings is 1. The summed E-state index contributed by atoms with van der Waals surface area (Å²) in [6.07, 6.45) is 0. The minimum Gasteiger partial charge on any atom is -0.357 e. The Bertz CT molecular complexity index is 1280. The van der Waals surface area contributed by atoms with Crippen molar-refractivity contribution in [1.29, 1.82) is 0 Å². The standard InChI is InChI=1S/C21H22N4O2/c1-13-4-6-17-16(8-13)20(26)10-15(23-17)12-22-11-14-5-7-18-19(9-14)25(3)21(27)24(18)2/h4-10,22H,11-12H2,1-3H3,(H,23,26). The van der Waals surface area contributed by atoms with Gasteiger partial charge in [0.05, 0.1) is 11.0 Å². The highest BCUT2D eigenvalue weighted by atomic mass is 16.1. The summed E-state index contributed by atoms with van der Waals surface area (Å²) in [6, 6.07) is 13.5. The Labute approximate surface area is 156 Å². The molecule has 6 heteroatoms. The molecule has 4 rings (SSSR count). The molecule has 6 nitrogen and oxygen atoms in total. The molecule has 0 bridgehead atoms. The summed E-state index contributed by atoms with van der Waals surface area (Å²) in [5, 5.41) is 4.08. The Morgan fingerprint density at radius 1 is 0.926 bits per heavy atom. The van der Waals surface area contributed by atoms with Crippen LogP contribution in [0.3, 0.4) is 0 Å². The zero-order valence-corrected chi connectivity index (χ0v) is 15.7. The van der Waals surface area contributed by atoms with Crippen molar-refractivity contribution in [2.24, 2.45) is 14.1 Å². The Hall–Kier alpha value is -3.12. The molecule has 2 heterocycles. The predicted octanol–water partition coefficient (Wildman–Crippen LogP) is 2.32. The predicted molar refractivity (Wildman–Crippen MR) is 108 cm³/mol. The SMILES string of the molecule is Cc1ccc2[nH]c(CNCc3ccc4c(c3)n(C)c(=O)n4C)cc(=O)c2c1. The summed E-state index contributed by atoms with van der Waals surface area (Å²) >= 11 is 0. The van der Waals surface area contributed by atoms with Crippen LogP contribution in [0.15, 0.2) is 52.1 Å². The third kappa shape index (κ3) is 3.08. The molecular weight excluding hydrogens is 340 g/mol. The van der Waals surface area contributed by atoms with E-state index in [2.05, 4.69) is 10.3 Å². The van der Waals surface area contributed by atoms with E-state index in [-0.39, 0.29) is 11.1 Å². The van der Waals surface area contributed by atoms with Crippen LogP contribution in [-0.2, 0) is 27.2 Å². The number of fused-ring (bicyclic) bond motifs is 2. The van der Waals surface area contributed by atoms with Gasteiger partial charge in [-0.25, -0.2) is 4.79 Å². The lowest BCUT2D eigenvalue weighted by molar-refractivity contribution is 0.681. The van der Waals surface area contributed by atoms with Gasteiger partial charge in [-0.2, -0.15) is 0 Å². The fourth-order valence-electron chi connectivity index (χ4n) is 3.52.